The number of aryl methyl sites for hydroxylation is 1. The molecule has 0 aliphatic rings. The highest BCUT2D eigenvalue weighted by Crippen LogP contribution is 2.39. The number of rotatable bonds is 10. The molecule has 0 spiro atoms. The predicted octanol–water partition coefficient (Wildman–Crippen LogP) is 6.97. The number of hydrogen-bond donors (Lipinski definition) is 0. The van der Waals surface area contributed by atoms with Gasteiger partial charge in [-0.15, -0.1) is 0 Å². The number of fused-ring (bicyclic) bond motifs is 1. The molecule has 0 unspecified atom stereocenters. The Bertz CT molecular complexity index is 1210. The number of alkyl halides is 6. The van der Waals surface area contributed by atoms with Crippen molar-refractivity contribution in [1.29, 1.82) is 0 Å². The summed E-state index contributed by atoms with van der Waals surface area (Å²) < 4.78 is 91.8. The van der Waals surface area contributed by atoms with Crippen LogP contribution in [0.4, 0.5) is 26.3 Å². The Morgan fingerprint density at radius 2 is 1.75 bits per heavy atom. The van der Waals surface area contributed by atoms with E-state index in [9.17, 15) is 31.1 Å². The fourth-order valence-corrected chi connectivity index (χ4v) is 4.57. The Morgan fingerprint density at radius 1 is 1.00 bits per heavy atom. The van der Waals surface area contributed by atoms with Crippen LogP contribution in [0.2, 0.25) is 0 Å². The number of aromatic nitrogens is 2. The lowest BCUT2D eigenvalue weighted by molar-refractivity contribution is -0.143. The van der Waals surface area contributed by atoms with Crippen molar-refractivity contribution >= 4 is 28.8 Å². The van der Waals surface area contributed by atoms with Gasteiger partial charge in [0, 0.05) is 25.5 Å². The first kappa shape index (κ1) is 27.9. The summed E-state index contributed by atoms with van der Waals surface area (Å²) in [6.07, 6.45) is -9.25. The van der Waals surface area contributed by atoms with Crippen LogP contribution < -0.4 is 0 Å². The molecule has 196 valence electrons. The van der Waals surface area contributed by atoms with Crippen LogP contribution in [0.15, 0.2) is 41.6 Å². The SMILES string of the molecule is CCOCCCn1c(SCc2ccc(C(F)(F)F)cc2C(F)(F)F)nc2cc(C(=O)OCC)ccc21. The number of hydrogen-bond acceptors (Lipinski definition) is 5. The number of imidazole rings is 1. The van der Waals surface area contributed by atoms with Crippen LogP contribution >= 0.6 is 11.8 Å². The van der Waals surface area contributed by atoms with Crippen LogP contribution in [0.1, 0.15) is 47.3 Å². The van der Waals surface area contributed by atoms with Crippen molar-refractivity contribution in [1.82, 2.24) is 9.55 Å². The lowest BCUT2D eigenvalue weighted by Crippen LogP contribution is -2.13. The van der Waals surface area contributed by atoms with Crippen LogP contribution in [-0.4, -0.2) is 35.3 Å². The average molecular weight is 535 g/mol. The molecule has 2 aromatic carbocycles. The van der Waals surface area contributed by atoms with Crippen molar-refractivity contribution < 1.29 is 40.6 Å². The Kier molecular flexibility index (Phi) is 8.93. The second-order valence-corrected chi connectivity index (χ2v) is 8.62. The second kappa shape index (κ2) is 11.5. The summed E-state index contributed by atoms with van der Waals surface area (Å²) in [5.41, 5.74) is -1.61. The van der Waals surface area contributed by atoms with Gasteiger partial charge in [-0.3, -0.25) is 0 Å². The summed E-state index contributed by atoms with van der Waals surface area (Å²) in [4.78, 5) is 16.6. The third-order valence-electron chi connectivity index (χ3n) is 5.20. The van der Waals surface area contributed by atoms with Crippen LogP contribution in [0.3, 0.4) is 0 Å². The smallest absolute Gasteiger partial charge is 0.416 e. The molecule has 12 heteroatoms. The molecule has 1 aromatic heterocycles. The monoisotopic (exact) mass is 534 g/mol. The number of nitrogens with zero attached hydrogens (tertiary/aromatic N) is 2. The summed E-state index contributed by atoms with van der Waals surface area (Å²) in [6, 6.07) is 6.41. The van der Waals surface area contributed by atoms with Gasteiger partial charge in [-0.1, -0.05) is 17.8 Å². The number of ether oxygens (including phenoxy) is 2. The molecule has 0 bridgehead atoms. The van der Waals surface area contributed by atoms with Gasteiger partial charge < -0.3 is 14.0 Å². The van der Waals surface area contributed by atoms with Gasteiger partial charge in [-0.2, -0.15) is 26.3 Å². The summed E-state index contributed by atoms with van der Waals surface area (Å²) >= 11 is 0.971. The first-order chi connectivity index (χ1) is 17.0. The molecule has 0 atom stereocenters. The Balaban J connectivity index is 1.95. The molecule has 0 aliphatic heterocycles. The van der Waals surface area contributed by atoms with Gasteiger partial charge >= 0.3 is 18.3 Å². The van der Waals surface area contributed by atoms with Gasteiger partial charge in [0.2, 0.25) is 0 Å². The maximum Gasteiger partial charge on any atom is 0.416 e. The molecule has 5 nitrogen and oxygen atoms in total. The van der Waals surface area contributed by atoms with Gasteiger partial charge in [0.15, 0.2) is 5.16 Å². The minimum Gasteiger partial charge on any atom is -0.462 e. The minimum absolute atomic E-state index is 0.132. The molecule has 0 radical (unpaired) electrons. The van der Waals surface area contributed by atoms with Gasteiger partial charge in [0.25, 0.3) is 0 Å². The zero-order valence-corrected chi connectivity index (χ0v) is 20.3. The maximum atomic E-state index is 13.6. The highest BCUT2D eigenvalue weighted by molar-refractivity contribution is 7.98. The van der Waals surface area contributed by atoms with Crippen LogP contribution in [0.5, 0.6) is 0 Å². The molecule has 36 heavy (non-hydrogen) atoms. The molecule has 1 heterocycles. The summed E-state index contributed by atoms with van der Waals surface area (Å²) in [6.45, 7) is 5.15. The molecule has 3 aromatic rings. The van der Waals surface area contributed by atoms with Gasteiger partial charge in [0.1, 0.15) is 0 Å². The number of carbonyl (C=O) groups is 1. The summed E-state index contributed by atoms with van der Waals surface area (Å²) in [5, 5.41) is 0.371. The fraction of sp³-hybridized carbons (Fsp3) is 0.417. The van der Waals surface area contributed by atoms with E-state index < -0.39 is 29.4 Å². The second-order valence-electron chi connectivity index (χ2n) is 7.68. The number of carbonyl (C=O) groups excluding carboxylic acids is 1. The molecule has 0 fully saturated rings. The first-order valence-corrected chi connectivity index (χ1v) is 12.1. The first-order valence-electron chi connectivity index (χ1n) is 11.1. The maximum absolute atomic E-state index is 13.6. The summed E-state index contributed by atoms with van der Waals surface area (Å²) in [7, 11) is 0. The van der Waals surface area contributed by atoms with E-state index in [2.05, 4.69) is 4.98 Å². The Morgan fingerprint density at radius 3 is 2.39 bits per heavy atom. The van der Waals surface area contributed by atoms with Gasteiger partial charge in [-0.25, -0.2) is 9.78 Å². The van der Waals surface area contributed by atoms with E-state index in [1.54, 1.807) is 23.6 Å². The molecular weight excluding hydrogens is 510 g/mol. The molecular formula is C24H24F6N2O3S. The molecule has 0 saturated heterocycles. The Labute approximate surface area is 207 Å². The molecule has 0 N–H and O–H groups in total. The van der Waals surface area contributed by atoms with E-state index >= 15 is 0 Å². The van der Waals surface area contributed by atoms with Crippen LogP contribution in [-0.2, 0) is 34.1 Å². The normalized spacial score (nSPS) is 12.3. The fourth-order valence-electron chi connectivity index (χ4n) is 3.53. The molecule has 0 amide bonds. The van der Waals surface area contributed by atoms with Crippen LogP contribution in [0, 0.1) is 0 Å². The lowest BCUT2D eigenvalue weighted by atomic mass is 10.0. The summed E-state index contributed by atoms with van der Waals surface area (Å²) in [5.74, 6) is -0.786. The molecule has 3 rings (SSSR count). The standard InChI is InChI=1S/C24H24F6N2O3S/c1-3-34-11-5-10-32-20-9-7-15(21(33)35-4-2)12-19(20)31-22(32)36-14-16-6-8-17(23(25,26)27)13-18(16)24(28,29)30/h6-9,12-13H,3-5,10-11,14H2,1-2H3. The van der Waals surface area contributed by atoms with Crippen molar-refractivity contribution in [2.45, 2.75) is 50.1 Å². The third kappa shape index (κ3) is 6.73. The zero-order chi connectivity index (χ0) is 26.5. The lowest BCUT2D eigenvalue weighted by Gasteiger charge is -2.16. The predicted molar refractivity (Wildman–Crippen MR) is 123 cm³/mol. The van der Waals surface area contributed by atoms with E-state index in [0.29, 0.717) is 48.4 Å². The van der Waals surface area contributed by atoms with E-state index in [4.69, 9.17) is 9.47 Å². The van der Waals surface area contributed by atoms with Gasteiger partial charge in [-0.05, 0) is 56.2 Å². The zero-order valence-electron chi connectivity index (χ0n) is 19.5. The molecule has 0 saturated carbocycles. The van der Waals surface area contributed by atoms with Crippen molar-refractivity contribution in [2.75, 3.05) is 19.8 Å². The van der Waals surface area contributed by atoms with Crippen molar-refractivity contribution in [2.24, 2.45) is 0 Å². The Hall–Kier alpha value is -2.73. The largest absolute Gasteiger partial charge is 0.462 e. The highest BCUT2D eigenvalue weighted by Gasteiger charge is 2.38. The van der Waals surface area contributed by atoms with E-state index in [1.807, 2.05) is 6.92 Å². The topological polar surface area (TPSA) is 53.4 Å². The third-order valence-corrected chi connectivity index (χ3v) is 6.22. The number of esters is 1. The van der Waals surface area contributed by atoms with E-state index in [0.717, 1.165) is 17.8 Å². The van der Waals surface area contributed by atoms with Crippen LogP contribution in [0.25, 0.3) is 11.0 Å². The average Bonchev–Trinajstić information content (AvgIpc) is 3.16. The number of halogens is 6. The van der Waals surface area contributed by atoms with Crippen molar-refractivity contribution in [3.8, 4) is 0 Å². The number of thioether (sulfide) groups is 1. The van der Waals surface area contributed by atoms with Crippen molar-refractivity contribution in [3.63, 3.8) is 0 Å². The van der Waals surface area contributed by atoms with Crippen molar-refractivity contribution in [3.05, 3.63) is 58.7 Å². The van der Waals surface area contributed by atoms with E-state index in [1.165, 1.54) is 6.07 Å². The van der Waals surface area contributed by atoms with Gasteiger partial charge in [0.05, 0.1) is 34.3 Å². The quantitative estimate of drug-likeness (QED) is 0.122. The molecule has 0 aliphatic carbocycles. The number of benzene rings is 2. The van der Waals surface area contributed by atoms with E-state index in [-0.39, 0.29) is 29.6 Å². The minimum atomic E-state index is -4.96. The highest BCUT2D eigenvalue weighted by atomic mass is 32.2.